The van der Waals surface area contributed by atoms with Gasteiger partial charge >= 0.3 is 0 Å². The smallest absolute Gasteiger partial charge is 0.180 e. The van der Waals surface area contributed by atoms with Crippen molar-refractivity contribution in [3.63, 3.8) is 0 Å². The van der Waals surface area contributed by atoms with Crippen LogP contribution in [0.5, 0.6) is 0 Å². The van der Waals surface area contributed by atoms with Gasteiger partial charge in [0.25, 0.3) is 0 Å². The summed E-state index contributed by atoms with van der Waals surface area (Å²) in [6.45, 7) is 11.6. The Morgan fingerprint density at radius 1 is 1.19 bits per heavy atom. The van der Waals surface area contributed by atoms with Gasteiger partial charge in [0, 0.05) is 24.2 Å². The number of nitrogens with zero attached hydrogens (tertiary/aromatic N) is 3. The number of hydrogen-bond acceptors (Lipinski definition) is 4. The minimum absolute atomic E-state index is 0.0248. The van der Waals surface area contributed by atoms with Crippen LogP contribution >= 0.6 is 0 Å². The predicted octanol–water partition coefficient (Wildman–Crippen LogP) is 3.97. The van der Waals surface area contributed by atoms with Gasteiger partial charge in [-0.25, -0.2) is 9.97 Å². The van der Waals surface area contributed by atoms with Crippen molar-refractivity contribution in [1.29, 1.82) is 0 Å². The third kappa shape index (κ3) is 3.78. The van der Waals surface area contributed by atoms with Crippen LogP contribution in [0.15, 0.2) is 24.4 Å². The predicted molar refractivity (Wildman–Crippen MR) is 87.5 cm³/mol. The van der Waals surface area contributed by atoms with Crippen LogP contribution in [0, 0.1) is 6.92 Å². The Hall–Kier alpha value is -1.97. The van der Waals surface area contributed by atoms with Crippen LogP contribution in [0.2, 0.25) is 0 Å². The molecule has 4 heteroatoms. The number of aryl methyl sites for hydroxylation is 1. The molecular formula is C17H24N4. The van der Waals surface area contributed by atoms with E-state index < -0.39 is 0 Å². The molecule has 0 atom stereocenters. The number of aromatic nitrogens is 3. The lowest BCUT2D eigenvalue weighted by molar-refractivity contribution is 0.568. The van der Waals surface area contributed by atoms with Crippen molar-refractivity contribution in [2.45, 2.75) is 46.5 Å². The average molecular weight is 284 g/mol. The Morgan fingerprint density at radius 3 is 2.57 bits per heavy atom. The van der Waals surface area contributed by atoms with Gasteiger partial charge < -0.3 is 5.32 Å². The molecule has 0 fully saturated rings. The largest absolute Gasteiger partial charge is 0.370 e. The molecule has 2 rings (SSSR count). The van der Waals surface area contributed by atoms with Crippen molar-refractivity contribution in [1.82, 2.24) is 15.0 Å². The Morgan fingerprint density at radius 2 is 1.95 bits per heavy atom. The molecule has 2 aromatic heterocycles. The number of nitrogens with one attached hydrogen (secondary N) is 1. The zero-order chi connectivity index (χ0) is 15.5. The number of hydrogen-bond donors (Lipinski definition) is 1. The van der Waals surface area contributed by atoms with E-state index in [1.54, 1.807) is 6.20 Å². The van der Waals surface area contributed by atoms with Crippen LogP contribution in [0.3, 0.4) is 0 Å². The van der Waals surface area contributed by atoms with Gasteiger partial charge in [-0.2, -0.15) is 0 Å². The molecule has 0 saturated carbocycles. The molecule has 0 unspecified atom stereocenters. The third-order valence-corrected chi connectivity index (χ3v) is 3.27. The SMILES string of the molecule is CCCNc1cc(C(C)(C)C)nc(-c2ncccc2C)n1. The fraction of sp³-hybridized carbons (Fsp3) is 0.471. The van der Waals surface area contributed by atoms with Crippen molar-refractivity contribution in [3.05, 3.63) is 35.7 Å². The first-order chi connectivity index (χ1) is 9.91. The summed E-state index contributed by atoms with van der Waals surface area (Å²) in [6.07, 6.45) is 2.85. The lowest BCUT2D eigenvalue weighted by atomic mass is 9.92. The van der Waals surface area contributed by atoms with Crippen LogP contribution in [-0.2, 0) is 5.41 Å². The number of anilines is 1. The molecule has 0 spiro atoms. The highest BCUT2D eigenvalue weighted by Gasteiger charge is 2.19. The topological polar surface area (TPSA) is 50.7 Å². The van der Waals surface area contributed by atoms with Crippen LogP contribution < -0.4 is 5.32 Å². The zero-order valence-corrected chi connectivity index (χ0v) is 13.6. The zero-order valence-electron chi connectivity index (χ0n) is 13.6. The van der Waals surface area contributed by atoms with Gasteiger partial charge in [-0.3, -0.25) is 4.98 Å². The first-order valence-electron chi connectivity index (χ1n) is 7.47. The number of pyridine rings is 1. The molecule has 0 amide bonds. The summed E-state index contributed by atoms with van der Waals surface area (Å²) in [6, 6.07) is 6.01. The van der Waals surface area contributed by atoms with Gasteiger partial charge in [-0.05, 0) is 25.0 Å². The minimum Gasteiger partial charge on any atom is -0.370 e. The maximum atomic E-state index is 4.73. The van der Waals surface area contributed by atoms with E-state index in [0.29, 0.717) is 5.82 Å². The van der Waals surface area contributed by atoms with Gasteiger partial charge in [0.05, 0.1) is 5.69 Å². The Labute approximate surface area is 127 Å². The summed E-state index contributed by atoms with van der Waals surface area (Å²) >= 11 is 0. The molecule has 0 saturated heterocycles. The van der Waals surface area contributed by atoms with Gasteiger partial charge in [-0.1, -0.05) is 33.8 Å². The maximum absolute atomic E-state index is 4.73. The molecule has 1 N–H and O–H groups in total. The van der Waals surface area contributed by atoms with E-state index in [9.17, 15) is 0 Å². The third-order valence-electron chi connectivity index (χ3n) is 3.27. The van der Waals surface area contributed by atoms with E-state index in [1.165, 1.54) is 0 Å². The van der Waals surface area contributed by atoms with Crippen molar-refractivity contribution >= 4 is 5.82 Å². The van der Waals surface area contributed by atoms with Crippen molar-refractivity contribution < 1.29 is 0 Å². The summed E-state index contributed by atoms with van der Waals surface area (Å²) in [5.41, 5.74) is 2.94. The molecule has 0 aromatic carbocycles. The Balaban J connectivity index is 2.52. The van der Waals surface area contributed by atoms with Gasteiger partial charge in [-0.15, -0.1) is 0 Å². The fourth-order valence-electron chi connectivity index (χ4n) is 2.00. The van der Waals surface area contributed by atoms with Crippen LogP contribution in [0.25, 0.3) is 11.5 Å². The molecule has 0 radical (unpaired) electrons. The summed E-state index contributed by atoms with van der Waals surface area (Å²) in [5.74, 6) is 1.57. The average Bonchev–Trinajstić information content (AvgIpc) is 2.44. The van der Waals surface area contributed by atoms with Crippen LogP contribution in [-0.4, -0.2) is 21.5 Å². The minimum atomic E-state index is -0.0248. The van der Waals surface area contributed by atoms with Gasteiger partial charge in [0.15, 0.2) is 5.82 Å². The molecule has 4 nitrogen and oxygen atoms in total. The van der Waals surface area contributed by atoms with Gasteiger partial charge in [0.2, 0.25) is 0 Å². The maximum Gasteiger partial charge on any atom is 0.180 e. The van der Waals surface area contributed by atoms with Crippen molar-refractivity contribution in [3.8, 4) is 11.5 Å². The number of rotatable bonds is 4. The highest BCUT2D eigenvalue weighted by atomic mass is 15.0. The molecular weight excluding hydrogens is 260 g/mol. The summed E-state index contributed by atoms with van der Waals surface area (Å²) in [7, 11) is 0. The molecule has 2 heterocycles. The lowest BCUT2D eigenvalue weighted by Gasteiger charge is -2.20. The molecule has 21 heavy (non-hydrogen) atoms. The summed E-state index contributed by atoms with van der Waals surface area (Å²) in [4.78, 5) is 13.8. The van der Waals surface area contributed by atoms with E-state index in [1.807, 2.05) is 25.1 Å². The van der Waals surface area contributed by atoms with E-state index in [0.717, 1.165) is 35.7 Å². The molecule has 0 aliphatic carbocycles. The lowest BCUT2D eigenvalue weighted by Crippen LogP contribution is -2.16. The summed E-state index contributed by atoms with van der Waals surface area (Å²) < 4.78 is 0. The van der Waals surface area contributed by atoms with E-state index in [2.05, 4.69) is 43.0 Å². The quantitative estimate of drug-likeness (QED) is 0.923. The Kier molecular flexibility index (Phi) is 4.56. The highest BCUT2D eigenvalue weighted by molar-refractivity contribution is 5.57. The second-order valence-electron chi connectivity index (χ2n) is 6.31. The normalized spacial score (nSPS) is 11.5. The summed E-state index contributed by atoms with van der Waals surface area (Å²) in [5, 5.41) is 3.36. The van der Waals surface area contributed by atoms with Crippen molar-refractivity contribution in [2.24, 2.45) is 0 Å². The fourth-order valence-corrected chi connectivity index (χ4v) is 2.00. The second-order valence-corrected chi connectivity index (χ2v) is 6.31. The molecule has 0 aliphatic rings. The Bertz CT molecular complexity index is 614. The highest BCUT2D eigenvalue weighted by Crippen LogP contribution is 2.26. The standard InChI is InChI=1S/C17H24N4/c1-6-9-18-14-11-13(17(3,4)5)20-16(21-14)15-12(2)8-7-10-19-15/h7-8,10-11H,6,9H2,1-5H3,(H,18,20,21). The van der Waals surface area contributed by atoms with E-state index >= 15 is 0 Å². The molecule has 112 valence electrons. The second kappa shape index (κ2) is 6.20. The van der Waals surface area contributed by atoms with E-state index in [4.69, 9.17) is 4.98 Å². The van der Waals surface area contributed by atoms with Crippen molar-refractivity contribution in [2.75, 3.05) is 11.9 Å². The van der Waals surface area contributed by atoms with Crippen LogP contribution in [0.4, 0.5) is 5.82 Å². The molecule has 0 bridgehead atoms. The molecule has 2 aromatic rings. The first-order valence-corrected chi connectivity index (χ1v) is 7.47. The van der Waals surface area contributed by atoms with Gasteiger partial charge in [0.1, 0.15) is 11.5 Å². The van der Waals surface area contributed by atoms with Crippen LogP contribution in [0.1, 0.15) is 45.4 Å². The molecule has 0 aliphatic heterocycles. The first kappa shape index (κ1) is 15.4. The van der Waals surface area contributed by atoms with E-state index in [-0.39, 0.29) is 5.41 Å². The monoisotopic (exact) mass is 284 g/mol.